The fraction of sp³-hybridized carbons (Fsp3) is 0.304. The molecule has 0 bridgehead atoms. The van der Waals surface area contributed by atoms with Gasteiger partial charge >= 0.3 is 11.6 Å². The number of carbonyl (C=O) groups excluding carboxylic acids is 1. The van der Waals surface area contributed by atoms with Crippen LogP contribution in [-0.2, 0) is 26.2 Å². The molecule has 0 radical (unpaired) electrons. The van der Waals surface area contributed by atoms with E-state index >= 15 is 0 Å². The molecular formula is C23H22ClNO7S. The van der Waals surface area contributed by atoms with Crippen LogP contribution in [0.25, 0.3) is 11.0 Å². The molecule has 10 heteroatoms. The van der Waals surface area contributed by atoms with Gasteiger partial charge in [-0.15, -0.1) is 0 Å². The number of esters is 1. The minimum absolute atomic E-state index is 0.0265. The third kappa shape index (κ3) is 5.05. The monoisotopic (exact) mass is 491 g/mol. The van der Waals surface area contributed by atoms with Crippen molar-refractivity contribution >= 4 is 38.6 Å². The highest BCUT2D eigenvalue weighted by molar-refractivity contribution is 7.89. The number of carbonyl (C=O) groups is 1. The summed E-state index contributed by atoms with van der Waals surface area (Å²) in [5.41, 5.74) is 0.254. The summed E-state index contributed by atoms with van der Waals surface area (Å²) in [7, 11) is -2.25. The van der Waals surface area contributed by atoms with Crippen molar-refractivity contribution in [3.8, 4) is 5.75 Å². The fourth-order valence-electron chi connectivity index (χ4n) is 3.83. The van der Waals surface area contributed by atoms with Gasteiger partial charge in [-0.3, -0.25) is 4.79 Å². The predicted octanol–water partition coefficient (Wildman–Crippen LogP) is 3.60. The van der Waals surface area contributed by atoms with Gasteiger partial charge in [0.25, 0.3) is 0 Å². The Morgan fingerprint density at radius 2 is 1.94 bits per heavy atom. The molecule has 0 aliphatic carbocycles. The molecule has 0 saturated carbocycles. The van der Waals surface area contributed by atoms with Gasteiger partial charge in [-0.1, -0.05) is 11.6 Å². The highest BCUT2D eigenvalue weighted by Crippen LogP contribution is 2.27. The third-order valence-corrected chi connectivity index (χ3v) is 7.71. The van der Waals surface area contributed by atoms with Crippen molar-refractivity contribution in [2.75, 3.05) is 20.2 Å². The molecule has 33 heavy (non-hydrogen) atoms. The number of halogens is 1. The lowest BCUT2D eigenvalue weighted by Gasteiger charge is -2.30. The predicted molar refractivity (Wildman–Crippen MR) is 122 cm³/mol. The molecule has 0 spiro atoms. The number of benzene rings is 2. The third-order valence-electron chi connectivity index (χ3n) is 5.58. The van der Waals surface area contributed by atoms with Crippen molar-refractivity contribution in [3.05, 3.63) is 69.5 Å². The molecule has 1 fully saturated rings. The molecule has 1 atom stereocenters. The van der Waals surface area contributed by atoms with Crippen molar-refractivity contribution in [3.63, 3.8) is 0 Å². The van der Waals surface area contributed by atoms with Gasteiger partial charge in [0, 0.05) is 41.2 Å². The number of methoxy groups -OCH3 is 1. The molecule has 174 valence electrons. The molecule has 1 aliphatic heterocycles. The molecular weight excluding hydrogens is 470 g/mol. The maximum Gasteiger partial charge on any atom is 0.336 e. The minimum Gasteiger partial charge on any atom is -0.497 e. The lowest BCUT2D eigenvalue weighted by molar-refractivity contribution is -0.151. The lowest BCUT2D eigenvalue weighted by Crippen LogP contribution is -2.42. The van der Waals surface area contributed by atoms with Crippen molar-refractivity contribution in [2.24, 2.45) is 5.92 Å². The summed E-state index contributed by atoms with van der Waals surface area (Å²) >= 11 is 5.86. The Bertz CT molecular complexity index is 1340. The Balaban J connectivity index is 1.47. The second-order valence-electron chi connectivity index (χ2n) is 7.72. The molecule has 1 aromatic heterocycles. The number of nitrogens with zero attached hydrogens (tertiary/aromatic N) is 1. The molecule has 1 saturated heterocycles. The summed E-state index contributed by atoms with van der Waals surface area (Å²) in [5.74, 6) is -0.586. The number of hydrogen-bond donors (Lipinski definition) is 0. The van der Waals surface area contributed by atoms with E-state index in [1.54, 1.807) is 18.2 Å². The average molecular weight is 492 g/mol. The van der Waals surface area contributed by atoms with Gasteiger partial charge in [0.2, 0.25) is 10.0 Å². The minimum atomic E-state index is -3.75. The highest BCUT2D eigenvalue weighted by atomic mass is 35.5. The van der Waals surface area contributed by atoms with E-state index in [9.17, 15) is 18.0 Å². The number of piperidine rings is 1. The van der Waals surface area contributed by atoms with Gasteiger partial charge in [0.05, 0.1) is 17.9 Å². The Morgan fingerprint density at radius 1 is 1.18 bits per heavy atom. The maximum absolute atomic E-state index is 13.0. The Hall–Kier alpha value is -2.88. The first-order chi connectivity index (χ1) is 15.8. The van der Waals surface area contributed by atoms with Crippen LogP contribution in [0.2, 0.25) is 5.02 Å². The van der Waals surface area contributed by atoms with Gasteiger partial charge in [0.1, 0.15) is 17.9 Å². The van der Waals surface area contributed by atoms with E-state index in [-0.39, 0.29) is 18.0 Å². The molecule has 2 heterocycles. The first-order valence-electron chi connectivity index (χ1n) is 10.3. The van der Waals surface area contributed by atoms with Crippen LogP contribution in [-0.4, -0.2) is 38.9 Å². The number of sulfonamides is 1. The summed E-state index contributed by atoms with van der Waals surface area (Å²) in [6.07, 6.45) is 1.05. The largest absolute Gasteiger partial charge is 0.497 e. The summed E-state index contributed by atoms with van der Waals surface area (Å²) < 4.78 is 43.0. The molecule has 1 unspecified atom stereocenters. The van der Waals surface area contributed by atoms with E-state index in [1.807, 2.05) is 0 Å². The SMILES string of the molecule is COc1ccc2c(COC(=O)C3CCCN(S(=O)(=O)c4ccc(Cl)cc4)C3)cc(=O)oc2c1. The van der Waals surface area contributed by atoms with Crippen LogP contribution in [0, 0.1) is 5.92 Å². The van der Waals surface area contributed by atoms with Crippen LogP contribution in [0.4, 0.5) is 0 Å². The van der Waals surface area contributed by atoms with Gasteiger partial charge in [-0.05, 0) is 49.2 Å². The molecule has 2 aromatic carbocycles. The molecule has 4 rings (SSSR count). The van der Waals surface area contributed by atoms with E-state index in [1.165, 1.54) is 41.7 Å². The smallest absolute Gasteiger partial charge is 0.336 e. The first kappa shape index (κ1) is 23.3. The molecule has 1 aliphatic rings. The number of ether oxygens (including phenoxy) is 2. The topological polar surface area (TPSA) is 103 Å². The van der Waals surface area contributed by atoms with Gasteiger partial charge in [-0.2, -0.15) is 4.31 Å². The van der Waals surface area contributed by atoms with Crippen LogP contribution < -0.4 is 10.4 Å². The zero-order valence-electron chi connectivity index (χ0n) is 17.8. The van der Waals surface area contributed by atoms with Crippen molar-refractivity contribution in [2.45, 2.75) is 24.3 Å². The molecule has 3 aromatic rings. The van der Waals surface area contributed by atoms with Gasteiger partial charge < -0.3 is 13.9 Å². The normalized spacial score (nSPS) is 17.1. The van der Waals surface area contributed by atoms with Crippen LogP contribution in [0.1, 0.15) is 18.4 Å². The Kier molecular flexibility index (Phi) is 6.73. The molecule has 8 nitrogen and oxygen atoms in total. The summed E-state index contributed by atoms with van der Waals surface area (Å²) in [4.78, 5) is 24.8. The van der Waals surface area contributed by atoms with E-state index in [4.69, 9.17) is 25.5 Å². The Morgan fingerprint density at radius 3 is 2.67 bits per heavy atom. The summed E-state index contributed by atoms with van der Waals surface area (Å²) in [6.45, 7) is 0.216. The highest BCUT2D eigenvalue weighted by Gasteiger charge is 2.34. The van der Waals surface area contributed by atoms with Crippen LogP contribution in [0.15, 0.2) is 62.6 Å². The quantitative estimate of drug-likeness (QED) is 0.383. The van der Waals surface area contributed by atoms with E-state index in [2.05, 4.69) is 0 Å². The standard InChI is InChI=1S/C23H22ClNO7S/c1-30-18-6-9-20-16(11-22(26)32-21(20)12-18)14-31-23(27)15-3-2-10-25(13-15)33(28,29)19-7-4-17(24)5-8-19/h4-9,11-12,15H,2-3,10,13-14H2,1H3. The second-order valence-corrected chi connectivity index (χ2v) is 10.1. The second kappa shape index (κ2) is 9.54. The molecule has 0 amide bonds. The first-order valence-corrected chi connectivity index (χ1v) is 12.1. The zero-order chi connectivity index (χ0) is 23.6. The number of hydrogen-bond acceptors (Lipinski definition) is 7. The molecule has 0 N–H and O–H groups in total. The maximum atomic E-state index is 13.0. The van der Waals surface area contributed by atoms with E-state index in [0.717, 1.165) is 0 Å². The van der Waals surface area contributed by atoms with Gasteiger partial charge in [0.15, 0.2) is 0 Å². The Labute approximate surface area is 195 Å². The number of rotatable bonds is 6. The number of fused-ring (bicyclic) bond motifs is 1. The van der Waals surface area contributed by atoms with E-state index < -0.39 is 27.5 Å². The van der Waals surface area contributed by atoms with Crippen LogP contribution >= 0.6 is 11.6 Å². The van der Waals surface area contributed by atoms with Crippen molar-refractivity contribution in [1.82, 2.24) is 4.31 Å². The average Bonchev–Trinajstić information content (AvgIpc) is 2.82. The summed E-state index contributed by atoms with van der Waals surface area (Å²) in [5, 5.41) is 1.06. The zero-order valence-corrected chi connectivity index (χ0v) is 19.4. The lowest BCUT2D eigenvalue weighted by atomic mass is 10.00. The van der Waals surface area contributed by atoms with Crippen LogP contribution in [0.5, 0.6) is 5.75 Å². The fourth-order valence-corrected chi connectivity index (χ4v) is 5.48. The van der Waals surface area contributed by atoms with Gasteiger partial charge in [-0.25, -0.2) is 13.2 Å². The summed E-state index contributed by atoms with van der Waals surface area (Å²) in [6, 6.07) is 12.2. The van der Waals surface area contributed by atoms with E-state index in [0.29, 0.717) is 46.7 Å². The van der Waals surface area contributed by atoms with Crippen molar-refractivity contribution in [1.29, 1.82) is 0 Å². The van der Waals surface area contributed by atoms with Crippen LogP contribution in [0.3, 0.4) is 0 Å². The van der Waals surface area contributed by atoms with Crippen molar-refractivity contribution < 1.29 is 27.1 Å².